The van der Waals surface area contributed by atoms with Crippen LogP contribution in [0.1, 0.15) is 55.2 Å². The van der Waals surface area contributed by atoms with E-state index < -0.39 is 41.3 Å². The zero-order valence-electron chi connectivity index (χ0n) is 61.4. The van der Waals surface area contributed by atoms with Gasteiger partial charge in [-0.2, -0.15) is 0 Å². The molecule has 0 aliphatic carbocycles. The van der Waals surface area contributed by atoms with Gasteiger partial charge in [-0.25, -0.2) is 18.4 Å². The Morgan fingerprint density at radius 2 is 0.844 bits per heavy atom. The van der Waals surface area contributed by atoms with E-state index in [1.807, 2.05) is 81.4 Å². The van der Waals surface area contributed by atoms with Crippen LogP contribution in [0.3, 0.4) is 0 Å². The SMILES string of the molecule is C.COc1cc(NS(C)(=O)=O)ccc1Nc1c2cccc(C)c2nc2c(C(=O)NCP(C)(C)=O)cccc12.COc1cc([N+](=O)[O-])ccc1N.COc1cc([N+](=O)[O-])ccc1Nc1c2cccc(C)c2nc2c(C(=O)NCP(C)(C)=O)cccc12.Cc1cccc2c(=O)c3cccc(C(=O)NCP(C)(C)=O)c3[nH]c12. The number of carbonyl (C=O) groups is 3. The number of aryl methyl sites for hydroxylation is 3. The molecule has 0 radical (unpaired) electrons. The van der Waals surface area contributed by atoms with Gasteiger partial charge in [-0.15, -0.1) is 0 Å². The average molecular weight is 1560 g/mol. The standard InChI is InChI=1S/C26H29N4O5PS.C25H25N4O5P.C18H19N2O3P.C7H8N2O3.CH4/c1-16-8-6-9-18-23(16)29-25-19(10-7-11-20(25)26(31)27-15-36(3,4)32)24(18)28-21-13-12-17(14-22(21)35-2)30-37(5,33)34;1-15-7-5-8-17-22(15)28-24-18(9-6-10-19(24)25(30)26-14-35(3,4)33)23(17)27-20-12-11-16(29(31)32)13-21(20)34-2;1-11-6-4-7-12-15(11)20-16-13(17(12)21)8-5-9-14(16)18(22)19-10-24(2,3)23;1-12-7-4-5(9(10)11)2-3-6(7)8;/h6-14,30H,15H2,1-5H3,(H,27,31)(H,28,29);5-13H,14H2,1-4H3,(H,26,30)(H,27,28);4-9H,10H2,1-3H3,(H,19,22)(H,20,21);2-4H,8H2,1H3;1H4. The van der Waals surface area contributed by atoms with Gasteiger partial charge >= 0.3 is 0 Å². The number of aromatic nitrogens is 3. The maximum atomic E-state index is 13.1. The monoisotopic (exact) mass is 1560 g/mol. The summed E-state index contributed by atoms with van der Waals surface area (Å²) in [4.78, 5) is 84.8. The first-order valence-electron chi connectivity index (χ1n) is 33.1. The molecule has 0 spiro atoms. The number of fused-ring (bicyclic) bond motifs is 6. The van der Waals surface area contributed by atoms with Crippen LogP contribution < -0.4 is 56.7 Å². The smallest absolute Gasteiger partial charge is 0.273 e. The first kappa shape index (κ1) is 82.9. The van der Waals surface area contributed by atoms with Crippen molar-refractivity contribution in [3.63, 3.8) is 0 Å². The largest absolute Gasteiger partial charge is 0.494 e. The van der Waals surface area contributed by atoms with Crippen LogP contribution in [-0.2, 0) is 23.7 Å². The number of anilines is 6. The van der Waals surface area contributed by atoms with Crippen molar-refractivity contribution in [2.75, 3.05) is 108 Å². The number of nitro groups is 2. The Balaban J connectivity index is 0.000000193. The maximum absolute atomic E-state index is 13.1. The van der Waals surface area contributed by atoms with Gasteiger partial charge in [0.05, 0.1) is 152 Å². The number of aromatic amines is 1. The molecule has 0 unspecified atom stereocenters. The summed E-state index contributed by atoms with van der Waals surface area (Å²) >= 11 is 0. The number of nitrogen functional groups attached to an aromatic ring is 1. The lowest BCUT2D eigenvalue weighted by Gasteiger charge is -2.18. The molecule has 3 amide bonds. The number of nitrogens with zero attached hydrogens (tertiary/aromatic N) is 4. The van der Waals surface area contributed by atoms with Crippen LogP contribution in [0.15, 0.2) is 169 Å². The molecule has 0 aliphatic heterocycles. The number of carbonyl (C=O) groups excluding carboxylic acids is 3. The maximum Gasteiger partial charge on any atom is 0.273 e. The first-order valence-corrected chi connectivity index (χ1v) is 43.4. The Morgan fingerprint density at radius 1 is 0.486 bits per heavy atom. The van der Waals surface area contributed by atoms with Crippen LogP contribution in [0.4, 0.5) is 45.5 Å². The topological polar surface area (TPSA) is 407 Å². The lowest BCUT2D eigenvalue weighted by Crippen LogP contribution is -2.25. The van der Waals surface area contributed by atoms with E-state index in [-0.39, 0.29) is 60.8 Å². The molecule has 28 nitrogen and oxygen atoms in total. The summed E-state index contributed by atoms with van der Waals surface area (Å²) in [7, 11) is -6.36. The van der Waals surface area contributed by atoms with Crippen molar-refractivity contribution in [2.45, 2.75) is 28.2 Å². The molecule has 0 bridgehead atoms. The highest BCUT2D eigenvalue weighted by Crippen LogP contribution is 2.43. The second-order valence-corrected chi connectivity index (χ2v) is 38.7. The van der Waals surface area contributed by atoms with E-state index in [1.54, 1.807) is 113 Å². The number of hydrogen-bond acceptors (Lipinski definition) is 21. The van der Waals surface area contributed by atoms with E-state index in [9.17, 15) is 61.5 Å². The van der Waals surface area contributed by atoms with E-state index in [0.717, 1.165) is 50.4 Å². The van der Waals surface area contributed by atoms with Gasteiger partial charge in [0.15, 0.2) is 5.43 Å². The number of nitrogens with one attached hydrogen (secondary N) is 7. The van der Waals surface area contributed by atoms with Gasteiger partial charge < -0.3 is 65.2 Å². The molecule has 9 aromatic carbocycles. The third-order valence-corrected chi connectivity index (χ3v) is 20.0. The van der Waals surface area contributed by atoms with Crippen molar-refractivity contribution in [1.29, 1.82) is 0 Å². The average Bonchev–Trinajstić information content (AvgIpc) is 0.741. The summed E-state index contributed by atoms with van der Waals surface area (Å²) in [6.07, 6.45) is 1.38. The van der Waals surface area contributed by atoms with E-state index >= 15 is 0 Å². The van der Waals surface area contributed by atoms with Gasteiger partial charge in [0.25, 0.3) is 29.1 Å². The number of nitro benzene ring substituents is 2. The van der Waals surface area contributed by atoms with Gasteiger partial charge in [0.1, 0.15) is 38.7 Å². The van der Waals surface area contributed by atoms with Crippen LogP contribution in [0.2, 0.25) is 0 Å². The molecule has 0 saturated heterocycles. The van der Waals surface area contributed by atoms with Crippen molar-refractivity contribution >= 4 is 160 Å². The number of benzene rings is 9. The number of rotatable bonds is 20. The summed E-state index contributed by atoms with van der Waals surface area (Å²) < 4.78 is 77.6. The Hall–Kier alpha value is -11.8. The lowest BCUT2D eigenvalue weighted by molar-refractivity contribution is -0.385. The van der Waals surface area contributed by atoms with Gasteiger partial charge in [-0.1, -0.05) is 86.3 Å². The predicted octanol–water partition coefficient (Wildman–Crippen LogP) is 15.9. The number of non-ortho nitro benzene ring substituents is 2. The molecular formula is C77H85N12O16P3S. The minimum Gasteiger partial charge on any atom is -0.494 e. The molecule has 0 saturated carbocycles. The van der Waals surface area contributed by atoms with Crippen molar-refractivity contribution in [2.24, 2.45) is 0 Å². The molecule has 32 heteroatoms. The summed E-state index contributed by atoms with van der Waals surface area (Å²) in [5.41, 5.74) is 16.1. The van der Waals surface area contributed by atoms with Crippen molar-refractivity contribution in [3.05, 3.63) is 228 Å². The number of hydrogen-bond donors (Lipinski definition) is 8. The second-order valence-electron chi connectivity index (χ2n) is 26.6. The number of ether oxygens (including phenoxy) is 3. The van der Waals surface area contributed by atoms with Crippen molar-refractivity contribution in [3.8, 4) is 17.2 Å². The minimum atomic E-state index is -3.45. The quantitative estimate of drug-likeness (QED) is 0.0115. The van der Waals surface area contributed by atoms with Crippen molar-refractivity contribution in [1.82, 2.24) is 30.9 Å². The summed E-state index contributed by atoms with van der Waals surface area (Å²) in [6.45, 7) is 15.5. The van der Waals surface area contributed by atoms with E-state index in [0.29, 0.717) is 106 Å². The van der Waals surface area contributed by atoms with Crippen LogP contribution in [-0.4, -0.2) is 137 Å². The fourth-order valence-electron chi connectivity index (χ4n) is 11.4. The highest BCUT2D eigenvalue weighted by atomic mass is 32.2. The molecule has 3 heterocycles. The fraction of sp³-hybridized carbons (Fsp3) is 0.221. The first-order chi connectivity index (χ1) is 50.9. The van der Waals surface area contributed by atoms with Crippen molar-refractivity contribution < 1.29 is 60.6 Å². The number of methoxy groups -OCH3 is 3. The number of amides is 3. The number of para-hydroxylation sites is 6. The molecular weight excluding hydrogens is 1470 g/mol. The number of sulfonamides is 1. The molecule has 3 aromatic heterocycles. The Labute approximate surface area is 628 Å². The summed E-state index contributed by atoms with van der Waals surface area (Å²) in [5, 5.41) is 40.6. The summed E-state index contributed by atoms with van der Waals surface area (Å²) in [5.74, 6) is 0.00120. The normalized spacial score (nSPS) is 11.3. The van der Waals surface area contributed by atoms with Crippen LogP contribution in [0.25, 0.3) is 65.4 Å². The van der Waals surface area contributed by atoms with Gasteiger partial charge in [-0.05, 0) is 132 Å². The number of pyridine rings is 3. The Morgan fingerprint density at radius 3 is 1.27 bits per heavy atom. The predicted molar refractivity (Wildman–Crippen MR) is 439 cm³/mol. The van der Waals surface area contributed by atoms with Gasteiger partial charge in [0, 0.05) is 50.5 Å². The van der Waals surface area contributed by atoms with E-state index in [4.69, 9.17) is 29.9 Å². The Bertz CT molecular complexity index is 5930. The zero-order valence-corrected chi connectivity index (χ0v) is 64.9. The Kier molecular flexibility index (Phi) is 26.2. The summed E-state index contributed by atoms with van der Waals surface area (Å²) in [6, 6.07) is 46.2. The van der Waals surface area contributed by atoms with Gasteiger partial charge in [0.2, 0.25) is 10.0 Å². The van der Waals surface area contributed by atoms with Crippen LogP contribution >= 0.6 is 21.4 Å². The molecule has 570 valence electrons. The zero-order chi connectivity index (χ0) is 78.9. The van der Waals surface area contributed by atoms with E-state index in [1.165, 1.54) is 51.7 Å². The third kappa shape index (κ3) is 20.5. The molecule has 0 atom stereocenters. The third-order valence-electron chi connectivity index (χ3n) is 16.6. The molecule has 0 fully saturated rings. The second kappa shape index (κ2) is 34.4. The number of H-pyrrole nitrogens is 1. The fourth-order valence-corrected chi connectivity index (χ4v) is 13.5. The lowest BCUT2D eigenvalue weighted by atomic mass is 10.0. The molecule has 12 aromatic rings. The van der Waals surface area contributed by atoms with E-state index in [2.05, 4.69) is 36.3 Å². The minimum absolute atomic E-state index is 0. The van der Waals surface area contributed by atoms with Crippen LogP contribution in [0, 0.1) is 41.0 Å². The highest BCUT2D eigenvalue weighted by molar-refractivity contribution is 7.92. The highest BCUT2D eigenvalue weighted by Gasteiger charge is 2.24. The molecule has 12 rings (SSSR count). The molecule has 109 heavy (non-hydrogen) atoms. The molecule has 9 N–H and O–H groups in total. The van der Waals surface area contributed by atoms with Gasteiger partial charge in [-0.3, -0.25) is 44.1 Å². The van der Waals surface area contributed by atoms with Crippen LogP contribution in [0.5, 0.6) is 17.2 Å². The number of nitrogens with two attached hydrogens (primary N) is 1. The molecule has 0 aliphatic rings.